The van der Waals surface area contributed by atoms with Crippen molar-refractivity contribution in [1.29, 1.82) is 0 Å². The number of aliphatic carboxylic acids is 1. The molecule has 0 aromatic heterocycles. The second kappa shape index (κ2) is 5.05. The number of carboxylic acid groups (broad SMARTS) is 1. The highest BCUT2D eigenvalue weighted by molar-refractivity contribution is 5.80. The molecule has 4 aliphatic rings. The molecule has 112 valence electrons. The lowest BCUT2D eigenvalue weighted by Gasteiger charge is -2.59. The van der Waals surface area contributed by atoms with Gasteiger partial charge in [0.05, 0.1) is 0 Å². The van der Waals surface area contributed by atoms with E-state index in [1.807, 2.05) is 0 Å². The number of rotatable bonds is 5. The molecule has 4 bridgehead atoms. The van der Waals surface area contributed by atoms with E-state index in [4.69, 9.17) is 0 Å². The van der Waals surface area contributed by atoms with Crippen LogP contribution in [0.5, 0.6) is 0 Å². The van der Waals surface area contributed by atoms with Crippen LogP contribution in [0.15, 0.2) is 0 Å². The molecule has 0 unspecified atom stereocenters. The van der Waals surface area contributed by atoms with Crippen LogP contribution in [-0.2, 0) is 9.59 Å². The van der Waals surface area contributed by atoms with E-state index in [1.165, 1.54) is 38.5 Å². The van der Waals surface area contributed by atoms with Crippen LogP contribution in [-0.4, -0.2) is 17.9 Å². The summed E-state index contributed by atoms with van der Waals surface area (Å²) >= 11 is 0. The fraction of sp³-hybridized carbons (Fsp3) is 0.875. The number of carboxylic acids is 1. The van der Waals surface area contributed by atoms with Crippen molar-refractivity contribution in [1.82, 2.24) is 5.32 Å². The Kier molecular flexibility index (Phi) is 3.51. The van der Waals surface area contributed by atoms with Crippen LogP contribution in [0.3, 0.4) is 0 Å². The summed E-state index contributed by atoms with van der Waals surface area (Å²) < 4.78 is 0. The van der Waals surface area contributed by atoms with Gasteiger partial charge in [0.15, 0.2) is 0 Å². The largest absolute Gasteiger partial charge is 0.550 e. The molecule has 4 saturated carbocycles. The second-order valence-corrected chi connectivity index (χ2v) is 7.44. The molecule has 0 spiro atoms. The Morgan fingerprint density at radius 3 is 2.05 bits per heavy atom. The minimum absolute atomic E-state index is 0.0407. The minimum atomic E-state index is -1.15. The quantitative estimate of drug-likeness (QED) is 0.822. The van der Waals surface area contributed by atoms with Gasteiger partial charge < -0.3 is 15.2 Å². The summed E-state index contributed by atoms with van der Waals surface area (Å²) in [7, 11) is 0. The molecule has 20 heavy (non-hydrogen) atoms. The smallest absolute Gasteiger partial charge is 0.220 e. The number of hydrogen-bond acceptors (Lipinski definition) is 3. The van der Waals surface area contributed by atoms with E-state index in [2.05, 4.69) is 12.2 Å². The van der Waals surface area contributed by atoms with Crippen LogP contribution < -0.4 is 10.4 Å². The van der Waals surface area contributed by atoms with Crippen molar-refractivity contribution in [3.63, 3.8) is 0 Å². The molecule has 1 atom stereocenters. The third kappa shape index (κ3) is 2.57. The van der Waals surface area contributed by atoms with Crippen LogP contribution >= 0.6 is 0 Å². The van der Waals surface area contributed by atoms with Crippen molar-refractivity contribution in [3.8, 4) is 0 Å². The van der Waals surface area contributed by atoms with Gasteiger partial charge >= 0.3 is 0 Å². The summed E-state index contributed by atoms with van der Waals surface area (Å²) in [6, 6.07) is 0.171. The summed E-state index contributed by atoms with van der Waals surface area (Å²) in [5.41, 5.74) is 0.284. The molecule has 4 heteroatoms. The van der Waals surface area contributed by atoms with Crippen LogP contribution in [0.25, 0.3) is 0 Å². The molecule has 4 aliphatic carbocycles. The fourth-order valence-electron chi connectivity index (χ4n) is 5.39. The normalized spacial score (nSPS) is 39.5. The average Bonchev–Trinajstić information content (AvgIpc) is 2.34. The summed E-state index contributed by atoms with van der Waals surface area (Å²) in [4.78, 5) is 22.3. The van der Waals surface area contributed by atoms with E-state index < -0.39 is 5.97 Å². The highest BCUT2D eigenvalue weighted by atomic mass is 16.4. The number of amides is 1. The van der Waals surface area contributed by atoms with Crippen LogP contribution in [0.1, 0.15) is 58.3 Å². The molecule has 4 nitrogen and oxygen atoms in total. The second-order valence-electron chi connectivity index (χ2n) is 7.44. The fourth-order valence-corrected chi connectivity index (χ4v) is 5.39. The standard InChI is InChI=1S/C16H25NO3/c1-10(17-14(18)2-3-15(19)20)16-7-11-4-12(8-16)6-13(5-11)9-16/h10-13H,2-9H2,1H3,(H,17,18)(H,19,20)/p-1/t10-,11?,12?,13?,16?/m0/s1. The maximum atomic E-state index is 11.8. The molecular weight excluding hydrogens is 254 g/mol. The van der Waals surface area contributed by atoms with Gasteiger partial charge in [0.2, 0.25) is 5.91 Å². The van der Waals surface area contributed by atoms with Gasteiger partial charge in [0.1, 0.15) is 0 Å². The van der Waals surface area contributed by atoms with Gasteiger partial charge in [0.25, 0.3) is 0 Å². The molecule has 1 amide bonds. The lowest BCUT2D eigenvalue weighted by atomic mass is 9.48. The van der Waals surface area contributed by atoms with Crippen LogP contribution in [0, 0.1) is 23.2 Å². The molecule has 0 aliphatic heterocycles. The van der Waals surface area contributed by atoms with Gasteiger partial charge in [-0.3, -0.25) is 4.79 Å². The van der Waals surface area contributed by atoms with Crippen molar-refractivity contribution in [2.45, 2.75) is 64.3 Å². The molecular formula is C16H24NO3-. The first-order chi connectivity index (χ1) is 9.47. The zero-order valence-electron chi connectivity index (χ0n) is 12.2. The van der Waals surface area contributed by atoms with Gasteiger partial charge in [0, 0.05) is 18.4 Å². The van der Waals surface area contributed by atoms with Crippen LogP contribution in [0.4, 0.5) is 0 Å². The molecule has 0 heterocycles. The predicted molar refractivity (Wildman–Crippen MR) is 72.5 cm³/mol. The van der Waals surface area contributed by atoms with Crippen molar-refractivity contribution < 1.29 is 14.7 Å². The minimum Gasteiger partial charge on any atom is -0.550 e. The molecule has 0 saturated heterocycles. The highest BCUT2D eigenvalue weighted by Crippen LogP contribution is 2.61. The molecule has 4 fully saturated rings. The summed E-state index contributed by atoms with van der Waals surface area (Å²) in [5, 5.41) is 13.5. The van der Waals surface area contributed by atoms with Gasteiger partial charge in [-0.25, -0.2) is 0 Å². The van der Waals surface area contributed by atoms with Crippen LogP contribution in [0.2, 0.25) is 0 Å². The Labute approximate surface area is 120 Å². The molecule has 4 rings (SSSR count). The number of carbonyl (C=O) groups is 2. The lowest BCUT2D eigenvalue weighted by molar-refractivity contribution is -0.305. The Balaban J connectivity index is 1.60. The summed E-state index contributed by atoms with van der Waals surface area (Å²) in [6.45, 7) is 2.12. The zero-order valence-corrected chi connectivity index (χ0v) is 12.2. The Morgan fingerprint density at radius 2 is 1.60 bits per heavy atom. The highest BCUT2D eigenvalue weighted by Gasteiger charge is 2.53. The Hall–Kier alpha value is -1.06. The van der Waals surface area contributed by atoms with Crippen molar-refractivity contribution in [3.05, 3.63) is 0 Å². The van der Waals surface area contributed by atoms with E-state index in [1.54, 1.807) is 0 Å². The van der Waals surface area contributed by atoms with Gasteiger partial charge in [-0.15, -0.1) is 0 Å². The summed E-state index contributed by atoms with van der Waals surface area (Å²) in [5.74, 6) is 1.30. The lowest BCUT2D eigenvalue weighted by Crippen LogP contribution is -2.55. The summed E-state index contributed by atoms with van der Waals surface area (Å²) in [6.07, 6.45) is 7.79. The van der Waals surface area contributed by atoms with E-state index in [0.29, 0.717) is 0 Å². The van der Waals surface area contributed by atoms with Crippen molar-refractivity contribution in [2.75, 3.05) is 0 Å². The maximum absolute atomic E-state index is 11.8. The first-order valence-electron chi connectivity index (χ1n) is 7.96. The van der Waals surface area contributed by atoms with E-state index >= 15 is 0 Å². The monoisotopic (exact) mass is 278 g/mol. The zero-order chi connectivity index (χ0) is 14.3. The van der Waals surface area contributed by atoms with E-state index in [9.17, 15) is 14.7 Å². The number of nitrogens with one attached hydrogen (secondary N) is 1. The predicted octanol–water partition coefficient (Wildman–Crippen LogP) is 1.24. The maximum Gasteiger partial charge on any atom is 0.220 e. The van der Waals surface area contributed by atoms with Gasteiger partial charge in [-0.05, 0) is 75.0 Å². The number of hydrogen-bond donors (Lipinski definition) is 1. The first-order valence-corrected chi connectivity index (χ1v) is 7.96. The SMILES string of the molecule is C[C@H](NC(=O)CCC(=O)[O-])C12CC3CC(CC(C3)C1)C2. The first kappa shape index (κ1) is 13.9. The third-order valence-electron chi connectivity index (χ3n) is 5.94. The van der Waals surface area contributed by atoms with Gasteiger partial charge in [-0.2, -0.15) is 0 Å². The van der Waals surface area contributed by atoms with Gasteiger partial charge in [-0.1, -0.05) is 0 Å². The van der Waals surface area contributed by atoms with Crippen molar-refractivity contribution in [2.24, 2.45) is 23.2 Å². The average molecular weight is 278 g/mol. The molecule has 0 aromatic carbocycles. The number of carbonyl (C=O) groups excluding carboxylic acids is 2. The molecule has 0 aromatic rings. The van der Waals surface area contributed by atoms with Crippen molar-refractivity contribution >= 4 is 11.9 Å². The third-order valence-corrected chi connectivity index (χ3v) is 5.94. The molecule has 0 radical (unpaired) electrons. The topological polar surface area (TPSA) is 69.2 Å². The molecule has 1 N–H and O–H groups in total. The van der Waals surface area contributed by atoms with E-state index in [-0.39, 0.29) is 30.2 Å². The Morgan fingerprint density at radius 1 is 1.10 bits per heavy atom. The van der Waals surface area contributed by atoms with E-state index in [0.717, 1.165) is 17.8 Å². The Bertz CT molecular complexity index is 383.